The third-order valence-corrected chi connectivity index (χ3v) is 3.82. The third-order valence-electron chi connectivity index (χ3n) is 2.12. The molecule has 4 heteroatoms. The van der Waals surface area contributed by atoms with Crippen LogP contribution in [0, 0.1) is 0 Å². The molecule has 0 aliphatic heterocycles. The Hall–Kier alpha value is 0.1000. The molecule has 1 N–H and O–H groups in total. The molecule has 1 heterocycles. The van der Waals surface area contributed by atoms with Gasteiger partial charge in [-0.3, -0.25) is 0 Å². The Kier molecular flexibility index (Phi) is 7.26. The Balaban J connectivity index is 1.93. The molecule has 0 saturated carbocycles. The van der Waals surface area contributed by atoms with E-state index < -0.39 is 0 Å². The van der Waals surface area contributed by atoms with E-state index >= 15 is 0 Å². The number of hydrogen-bond donors (Lipinski definition) is 1. The lowest BCUT2D eigenvalue weighted by molar-refractivity contribution is 0.192. The van der Waals surface area contributed by atoms with Gasteiger partial charge >= 0.3 is 0 Å². The van der Waals surface area contributed by atoms with Gasteiger partial charge in [0.1, 0.15) is 0 Å². The van der Waals surface area contributed by atoms with Crippen molar-refractivity contribution < 1.29 is 4.74 Å². The van der Waals surface area contributed by atoms with Gasteiger partial charge in [0.2, 0.25) is 0 Å². The topological polar surface area (TPSA) is 21.3 Å². The Morgan fingerprint density at radius 3 is 2.93 bits per heavy atom. The zero-order valence-corrected chi connectivity index (χ0v) is 11.5. The second-order valence-electron chi connectivity index (χ2n) is 3.46. The summed E-state index contributed by atoms with van der Waals surface area (Å²) in [4.78, 5) is 1.39. The fraction of sp³-hybridized carbons (Fsp3) is 0.636. The first-order valence-electron chi connectivity index (χ1n) is 5.25. The van der Waals surface area contributed by atoms with Gasteiger partial charge in [0, 0.05) is 35.0 Å². The summed E-state index contributed by atoms with van der Waals surface area (Å²) in [5.41, 5.74) is 0. The highest BCUT2D eigenvalue weighted by Gasteiger charge is 1.96. The fourth-order valence-corrected chi connectivity index (χ4v) is 2.75. The molecule has 86 valence electrons. The lowest BCUT2D eigenvalue weighted by Crippen LogP contribution is -2.13. The molecule has 0 aromatic carbocycles. The van der Waals surface area contributed by atoms with Crippen molar-refractivity contribution in [1.82, 2.24) is 5.32 Å². The van der Waals surface area contributed by atoms with Crippen molar-refractivity contribution in [3.8, 4) is 0 Å². The van der Waals surface area contributed by atoms with E-state index in [1.807, 2.05) is 0 Å². The Morgan fingerprint density at radius 1 is 1.40 bits per heavy atom. The van der Waals surface area contributed by atoms with Crippen LogP contribution in [-0.2, 0) is 11.3 Å². The number of thiophene rings is 1. The second-order valence-corrected chi connectivity index (χ2v) is 5.37. The third kappa shape index (κ3) is 6.30. The van der Waals surface area contributed by atoms with Crippen molar-refractivity contribution in [3.63, 3.8) is 0 Å². The molecular formula is C11H18BrNOS. The van der Waals surface area contributed by atoms with Gasteiger partial charge in [-0.2, -0.15) is 0 Å². The zero-order chi connectivity index (χ0) is 10.9. The molecule has 15 heavy (non-hydrogen) atoms. The summed E-state index contributed by atoms with van der Waals surface area (Å²) in [6.45, 7) is 2.97. The maximum atomic E-state index is 5.00. The minimum atomic E-state index is 0.887. The molecule has 0 amide bonds. The van der Waals surface area contributed by atoms with Gasteiger partial charge in [-0.25, -0.2) is 0 Å². The van der Waals surface area contributed by atoms with Crippen molar-refractivity contribution in [3.05, 3.63) is 20.8 Å². The van der Waals surface area contributed by atoms with E-state index in [1.165, 1.54) is 28.6 Å². The second kappa shape index (κ2) is 8.28. The first-order valence-corrected chi connectivity index (χ1v) is 6.93. The highest BCUT2D eigenvalue weighted by Crippen LogP contribution is 2.19. The molecule has 1 rings (SSSR count). The van der Waals surface area contributed by atoms with Gasteiger partial charge in [0.05, 0.1) is 0 Å². The maximum absolute atomic E-state index is 5.00. The smallest absolute Gasteiger partial charge is 0.0462 e. The maximum Gasteiger partial charge on any atom is 0.0462 e. The Morgan fingerprint density at radius 2 is 2.27 bits per heavy atom. The van der Waals surface area contributed by atoms with Gasteiger partial charge in [-0.1, -0.05) is 0 Å². The summed E-state index contributed by atoms with van der Waals surface area (Å²) in [7, 11) is 1.76. The van der Waals surface area contributed by atoms with Crippen molar-refractivity contribution in [1.29, 1.82) is 0 Å². The molecule has 0 radical (unpaired) electrons. The van der Waals surface area contributed by atoms with Gasteiger partial charge in [-0.05, 0) is 47.8 Å². The molecule has 2 nitrogen and oxygen atoms in total. The van der Waals surface area contributed by atoms with Crippen molar-refractivity contribution in [2.45, 2.75) is 25.8 Å². The molecule has 0 atom stereocenters. The molecule has 1 aromatic heterocycles. The number of hydrogen-bond acceptors (Lipinski definition) is 3. The summed E-state index contributed by atoms with van der Waals surface area (Å²) in [6.07, 6.45) is 3.65. The molecule has 0 spiro atoms. The molecule has 0 fully saturated rings. The van der Waals surface area contributed by atoms with Crippen LogP contribution in [-0.4, -0.2) is 20.3 Å². The highest BCUT2D eigenvalue weighted by molar-refractivity contribution is 9.10. The van der Waals surface area contributed by atoms with Gasteiger partial charge in [-0.15, -0.1) is 11.3 Å². The van der Waals surface area contributed by atoms with E-state index in [0.29, 0.717) is 0 Å². The molecule has 0 saturated heterocycles. The molecular weight excluding hydrogens is 274 g/mol. The monoisotopic (exact) mass is 291 g/mol. The number of rotatable bonds is 8. The van der Waals surface area contributed by atoms with E-state index in [2.05, 4.69) is 32.7 Å². The highest BCUT2D eigenvalue weighted by atomic mass is 79.9. The lowest BCUT2D eigenvalue weighted by Gasteiger charge is -2.02. The first-order chi connectivity index (χ1) is 7.33. The summed E-state index contributed by atoms with van der Waals surface area (Å²) in [6, 6.07) is 2.17. The Bertz CT molecular complexity index is 265. The average molecular weight is 292 g/mol. The standard InChI is InChI=1S/C11H18BrNOS/c1-14-6-4-2-3-5-13-8-11-7-10(12)9-15-11/h7,9,13H,2-6,8H2,1H3. The van der Waals surface area contributed by atoms with E-state index in [-0.39, 0.29) is 0 Å². The quantitative estimate of drug-likeness (QED) is 0.741. The molecule has 0 aliphatic rings. The summed E-state index contributed by atoms with van der Waals surface area (Å²) in [5, 5.41) is 5.56. The van der Waals surface area contributed by atoms with E-state index in [0.717, 1.165) is 19.7 Å². The predicted octanol–water partition coefficient (Wildman–Crippen LogP) is 3.42. The van der Waals surface area contributed by atoms with Crippen LogP contribution < -0.4 is 5.32 Å². The van der Waals surface area contributed by atoms with Gasteiger partial charge in [0.15, 0.2) is 0 Å². The number of nitrogens with one attached hydrogen (secondary N) is 1. The minimum absolute atomic E-state index is 0.887. The van der Waals surface area contributed by atoms with Crippen LogP contribution in [0.15, 0.2) is 15.9 Å². The van der Waals surface area contributed by atoms with Crippen LogP contribution >= 0.6 is 27.3 Å². The first kappa shape index (κ1) is 13.2. The van der Waals surface area contributed by atoms with Gasteiger partial charge in [0.25, 0.3) is 0 Å². The van der Waals surface area contributed by atoms with Crippen molar-refractivity contribution in [2.75, 3.05) is 20.3 Å². The summed E-state index contributed by atoms with van der Waals surface area (Å²) < 4.78 is 6.18. The SMILES string of the molecule is COCCCCCNCc1cc(Br)cs1. The zero-order valence-electron chi connectivity index (χ0n) is 9.09. The van der Waals surface area contributed by atoms with Crippen LogP contribution in [0.1, 0.15) is 24.1 Å². The predicted molar refractivity (Wildman–Crippen MR) is 69.5 cm³/mol. The van der Waals surface area contributed by atoms with Gasteiger partial charge < -0.3 is 10.1 Å². The van der Waals surface area contributed by atoms with Crippen LogP contribution in [0.4, 0.5) is 0 Å². The normalized spacial score (nSPS) is 10.8. The number of methoxy groups -OCH3 is 1. The molecule has 1 aromatic rings. The van der Waals surface area contributed by atoms with Crippen LogP contribution in [0.2, 0.25) is 0 Å². The minimum Gasteiger partial charge on any atom is -0.385 e. The van der Waals surface area contributed by atoms with Crippen LogP contribution in [0.25, 0.3) is 0 Å². The van der Waals surface area contributed by atoms with Crippen molar-refractivity contribution in [2.24, 2.45) is 0 Å². The van der Waals surface area contributed by atoms with E-state index in [4.69, 9.17) is 4.74 Å². The Labute approximate surface area is 104 Å². The van der Waals surface area contributed by atoms with E-state index in [9.17, 15) is 0 Å². The van der Waals surface area contributed by atoms with E-state index in [1.54, 1.807) is 18.4 Å². The molecule has 0 unspecified atom stereocenters. The van der Waals surface area contributed by atoms with Crippen LogP contribution in [0.3, 0.4) is 0 Å². The number of unbranched alkanes of at least 4 members (excludes halogenated alkanes) is 2. The fourth-order valence-electron chi connectivity index (χ4n) is 1.33. The van der Waals surface area contributed by atoms with Crippen molar-refractivity contribution >= 4 is 27.3 Å². The molecule has 0 bridgehead atoms. The average Bonchev–Trinajstić information content (AvgIpc) is 2.63. The summed E-state index contributed by atoms with van der Waals surface area (Å²) >= 11 is 5.24. The number of ether oxygens (including phenoxy) is 1. The van der Waals surface area contributed by atoms with Crippen LogP contribution in [0.5, 0.6) is 0 Å². The molecule has 0 aliphatic carbocycles. The largest absolute Gasteiger partial charge is 0.385 e. The lowest BCUT2D eigenvalue weighted by atomic mass is 10.2. The number of halogens is 1. The summed E-state index contributed by atoms with van der Waals surface area (Å²) in [5.74, 6) is 0.